The van der Waals surface area contributed by atoms with E-state index < -0.39 is 0 Å². The number of fused-ring (bicyclic) bond motifs is 2. The first kappa shape index (κ1) is 18.1. The fraction of sp³-hybridized carbons (Fsp3) is 0.182. The summed E-state index contributed by atoms with van der Waals surface area (Å²) in [5.74, 6) is 0.826. The number of nitrogen functional groups attached to an aromatic ring is 1. The molecule has 3 aromatic heterocycles. The number of nitrogens with two attached hydrogens (primary N) is 1. The molecule has 8 nitrogen and oxygen atoms in total. The molecule has 0 aliphatic heterocycles. The maximum Gasteiger partial charge on any atom is 0.199 e. The Morgan fingerprint density at radius 1 is 1.10 bits per heavy atom. The zero-order chi connectivity index (χ0) is 20.7. The number of aromatic nitrogens is 5. The first-order valence-electron chi connectivity index (χ1n) is 9.84. The number of pyridine rings is 1. The third kappa shape index (κ3) is 2.85. The lowest BCUT2D eigenvalue weighted by atomic mass is 9.99. The fourth-order valence-electron chi connectivity index (χ4n) is 3.97. The van der Waals surface area contributed by atoms with Gasteiger partial charge in [0, 0.05) is 12.6 Å². The van der Waals surface area contributed by atoms with Crippen LogP contribution < -0.4 is 11.1 Å². The molecule has 8 heteroatoms. The fourth-order valence-corrected chi connectivity index (χ4v) is 3.97. The van der Waals surface area contributed by atoms with Gasteiger partial charge in [-0.15, -0.1) is 0 Å². The Balaban J connectivity index is 1.61. The molecule has 0 bridgehead atoms. The van der Waals surface area contributed by atoms with Crippen molar-refractivity contribution in [3.05, 3.63) is 60.4 Å². The van der Waals surface area contributed by atoms with Crippen molar-refractivity contribution in [2.24, 2.45) is 0 Å². The van der Waals surface area contributed by atoms with Crippen LogP contribution in [0.1, 0.15) is 25.5 Å². The lowest BCUT2D eigenvalue weighted by Gasteiger charge is -2.19. The van der Waals surface area contributed by atoms with Gasteiger partial charge in [0.1, 0.15) is 5.52 Å². The van der Waals surface area contributed by atoms with Crippen molar-refractivity contribution in [3.63, 3.8) is 0 Å². The molecule has 2 aromatic carbocycles. The first-order chi connectivity index (χ1) is 14.7. The van der Waals surface area contributed by atoms with E-state index in [1.807, 2.05) is 17.7 Å². The topological polar surface area (TPSA) is 108 Å². The van der Waals surface area contributed by atoms with Crippen molar-refractivity contribution < 1.29 is 4.63 Å². The Bertz CT molecular complexity index is 1350. The van der Waals surface area contributed by atoms with Gasteiger partial charge in [-0.25, -0.2) is 9.61 Å². The molecule has 0 spiro atoms. The number of hydrogen-bond acceptors (Lipinski definition) is 7. The summed E-state index contributed by atoms with van der Waals surface area (Å²) in [4.78, 5) is 9.08. The Morgan fingerprint density at radius 3 is 2.73 bits per heavy atom. The van der Waals surface area contributed by atoms with Gasteiger partial charge in [0.2, 0.25) is 0 Å². The standard InChI is InChI=1S/C22H21N7O/c1-3-29-20-17(11-24-12-18(20)26-22(29)19-21(23)28-30-27-19)25-13(2)15-10-6-8-14-7-4-5-9-16(14)15/h4-13,25H,3H2,1-2H3,(H2,23,28). The zero-order valence-corrected chi connectivity index (χ0v) is 16.7. The monoisotopic (exact) mass is 399 g/mol. The summed E-state index contributed by atoms with van der Waals surface area (Å²) in [7, 11) is 0. The van der Waals surface area contributed by atoms with Gasteiger partial charge in [-0.2, -0.15) is 0 Å². The number of benzene rings is 2. The molecule has 0 aliphatic rings. The highest BCUT2D eigenvalue weighted by atomic mass is 16.6. The van der Waals surface area contributed by atoms with E-state index >= 15 is 0 Å². The van der Waals surface area contributed by atoms with Crippen molar-refractivity contribution >= 4 is 33.3 Å². The van der Waals surface area contributed by atoms with E-state index in [0.29, 0.717) is 18.1 Å². The van der Waals surface area contributed by atoms with Crippen LogP contribution in [0.5, 0.6) is 0 Å². The molecule has 3 N–H and O–H groups in total. The van der Waals surface area contributed by atoms with Crippen molar-refractivity contribution in [1.82, 2.24) is 24.8 Å². The van der Waals surface area contributed by atoms with Crippen LogP contribution in [-0.4, -0.2) is 24.8 Å². The molecule has 3 heterocycles. The van der Waals surface area contributed by atoms with Crippen LogP contribution in [0.3, 0.4) is 0 Å². The summed E-state index contributed by atoms with van der Waals surface area (Å²) in [6, 6.07) is 14.8. The minimum Gasteiger partial charge on any atom is -0.379 e. The van der Waals surface area contributed by atoms with Crippen LogP contribution in [0, 0.1) is 0 Å². The van der Waals surface area contributed by atoms with Crippen LogP contribution in [0.2, 0.25) is 0 Å². The molecular weight excluding hydrogens is 378 g/mol. The molecule has 1 atom stereocenters. The van der Waals surface area contributed by atoms with E-state index in [1.165, 1.54) is 16.3 Å². The minimum atomic E-state index is 0.0611. The number of hydrogen-bond donors (Lipinski definition) is 2. The van der Waals surface area contributed by atoms with E-state index in [2.05, 4.69) is 70.0 Å². The van der Waals surface area contributed by atoms with Gasteiger partial charge >= 0.3 is 0 Å². The smallest absolute Gasteiger partial charge is 0.199 e. The Kier molecular flexibility index (Phi) is 4.31. The predicted molar refractivity (Wildman–Crippen MR) is 117 cm³/mol. The second-order valence-corrected chi connectivity index (χ2v) is 7.17. The predicted octanol–water partition coefficient (Wildman–Crippen LogP) is 4.41. The number of anilines is 2. The largest absolute Gasteiger partial charge is 0.379 e. The molecule has 150 valence electrons. The van der Waals surface area contributed by atoms with Crippen LogP contribution >= 0.6 is 0 Å². The summed E-state index contributed by atoms with van der Waals surface area (Å²) in [5, 5.41) is 13.7. The number of imidazole rings is 1. The van der Waals surface area contributed by atoms with E-state index in [0.717, 1.165) is 16.7 Å². The van der Waals surface area contributed by atoms with Gasteiger partial charge in [-0.05, 0) is 40.5 Å². The molecule has 30 heavy (non-hydrogen) atoms. The second-order valence-electron chi connectivity index (χ2n) is 7.17. The van der Waals surface area contributed by atoms with Gasteiger partial charge < -0.3 is 15.6 Å². The van der Waals surface area contributed by atoms with Crippen molar-refractivity contribution in [2.75, 3.05) is 11.1 Å². The van der Waals surface area contributed by atoms with Crippen LogP contribution in [-0.2, 0) is 6.54 Å². The molecule has 0 saturated heterocycles. The first-order valence-corrected chi connectivity index (χ1v) is 9.84. The summed E-state index contributed by atoms with van der Waals surface area (Å²) >= 11 is 0. The van der Waals surface area contributed by atoms with Gasteiger partial charge in [-0.1, -0.05) is 42.5 Å². The van der Waals surface area contributed by atoms with Gasteiger partial charge in [0.05, 0.1) is 23.6 Å². The highest BCUT2D eigenvalue weighted by Crippen LogP contribution is 2.33. The summed E-state index contributed by atoms with van der Waals surface area (Å²) in [6.07, 6.45) is 3.56. The normalized spacial score (nSPS) is 12.5. The molecular formula is C22H21N7O. The average Bonchev–Trinajstić information content (AvgIpc) is 3.36. The van der Waals surface area contributed by atoms with Gasteiger partial charge in [0.15, 0.2) is 17.3 Å². The van der Waals surface area contributed by atoms with E-state index in [9.17, 15) is 0 Å². The maximum atomic E-state index is 5.91. The number of rotatable bonds is 5. The third-order valence-electron chi connectivity index (χ3n) is 5.35. The molecule has 0 fully saturated rings. The van der Waals surface area contributed by atoms with Crippen molar-refractivity contribution in [1.29, 1.82) is 0 Å². The lowest BCUT2D eigenvalue weighted by Crippen LogP contribution is -2.09. The van der Waals surface area contributed by atoms with Crippen LogP contribution in [0.25, 0.3) is 33.3 Å². The van der Waals surface area contributed by atoms with Crippen molar-refractivity contribution in [3.8, 4) is 11.5 Å². The van der Waals surface area contributed by atoms with Gasteiger partial charge in [0.25, 0.3) is 0 Å². The van der Waals surface area contributed by atoms with E-state index in [1.54, 1.807) is 6.20 Å². The van der Waals surface area contributed by atoms with Crippen LogP contribution in [0.15, 0.2) is 59.5 Å². The minimum absolute atomic E-state index is 0.0611. The zero-order valence-electron chi connectivity index (χ0n) is 16.7. The Morgan fingerprint density at radius 2 is 1.93 bits per heavy atom. The molecule has 0 aliphatic carbocycles. The maximum absolute atomic E-state index is 5.91. The quantitative estimate of drug-likeness (QED) is 0.451. The highest BCUT2D eigenvalue weighted by Gasteiger charge is 2.21. The summed E-state index contributed by atoms with van der Waals surface area (Å²) in [6.45, 7) is 4.87. The van der Waals surface area contributed by atoms with Crippen LogP contribution in [0.4, 0.5) is 11.5 Å². The van der Waals surface area contributed by atoms with E-state index in [-0.39, 0.29) is 11.9 Å². The van der Waals surface area contributed by atoms with Gasteiger partial charge in [-0.3, -0.25) is 4.98 Å². The van der Waals surface area contributed by atoms with E-state index in [4.69, 9.17) is 15.3 Å². The Labute approximate surface area is 172 Å². The molecule has 0 radical (unpaired) electrons. The third-order valence-corrected chi connectivity index (χ3v) is 5.35. The summed E-state index contributed by atoms with van der Waals surface area (Å²) in [5.41, 5.74) is 10.2. The second kappa shape index (κ2) is 7.14. The summed E-state index contributed by atoms with van der Waals surface area (Å²) < 4.78 is 6.83. The number of aryl methyl sites for hydroxylation is 1. The Hall–Kier alpha value is -3.94. The van der Waals surface area contributed by atoms with Crippen molar-refractivity contribution in [2.45, 2.75) is 26.4 Å². The molecule has 1 unspecified atom stereocenters. The molecule has 5 aromatic rings. The molecule has 5 rings (SSSR count). The highest BCUT2D eigenvalue weighted by molar-refractivity contribution is 5.92. The molecule has 0 saturated carbocycles. The number of nitrogens with one attached hydrogen (secondary N) is 1. The molecule has 0 amide bonds. The number of nitrogens with zero attached hydrogens (tertiary/aromatic N) is 5. The average molecular weight is 399 g/mol. The SMILES string of the molecule is CCn1c(-c2nonc2N)nc2cncc(NC(C)c3cccc4ccccc34)c21. The lowest BCUT2D eigenvalue weighted by molar-refractivity contribution is 0.310.